The molecule has 15 nitrogen and oxygen atoms in total. The van der Waals surface area contributed by atoms with Gasteiger partial charge in [0.15, 0.2) is 18.2 Å². The maximum atomic E-state index is 12.7. The summed E-state index contributed by atoms with van der Waals surface area (Å²) in [5.74, 6) is 0.194. The van der Waals surface area contributed by atoms with Gasteiger partial charge in [-0.25, -0.2) is 9.97 Å². The Labute approximate surface area is 291 Å². The fraction of sp³-hybridized carbons (Fsp3) is 0.324. The van der Waals surface area contributed by atoms with E-state index in [1.54, 1.807) is 25.6 Å². The van der Waals surface area contributed by atoms with Gasteiger partial charge in [-0.05, 0) is 61.7 Å². The number of hydrogen-bond donors (Lipinski definition) is 4. The maximum Gasteiger partial charge on any atom is 0.293 e. The summed E-state index contributed by atoms with van der Waals surface area (Å²) in [5, 5.41) is 12.9. The molecule has 1 atom stereocenters. The molecule has 3 aromatic heterocycles. The number of pyridine rings is 1. The quantitative estimate of drug-likeness (QED) is 0.166. The number of imidazole rings is 1. The highest BCUT2D eigenvalue weighted by molar-refractivity contribution is 6.33. The highest BCUT2D eigenvalue weighted by atomic mass is 35.5. The standard InChI is InChI=1S/C34H35ClN10O5/c1-36-30(47)17-50-28-14-19-13-21(3-5-25(19)43(2)33(28)49)40-31-23(35)16-37-34(42-31)44-11-9-20(10-12-44)39-22-4-6-26-24(15-22)38-18-45(26)27-7-8-29(46)41-32(27)48/h3-6,13-16,18,20,27,39H,7-12,17H2,1-2H3,(H,36,47)(H,37,40,42)(H,41,46,48). The molecule has 0 spiro atoms. The number of fused-ring (bicyclic) bond motifs is 2. The van der Waals surface area contributed by atoms with E-state index in [4.69, 9.17) is 21.3 Å². The molecule has 2 aliphatic rings. The van der Waals surface area contributed by atoms with Crippen LogP contribution in [0.5, 0.6) is 5.75 Å². The first-order valence-corrected chi connectivity index (χ1v) is 16.6. The number of anilines is 4. The van der Waals surface area contributed by atoms with Crippen LogP contribution in [0.25, 0.3) is 21.9 Å². The molecule has 5 heterocycles. The maximum absolute atomic E-state index is 12.7. The monoisotopic (exact) mass is 698 g/mol. The smallest absolute Gasteiger partial charge is 0.293 e. The molecular weight excluding hydrogens is 664 g/mol. The lowest BCUT2D eigenvalue weighted by atomic mass is 10.0. The summed E-state index contributed by atoms with van der Waals surface area (Å²) in [7, 11) is 3.15. The number of carbonyl (C=O) groups is 3. The number of benzene rings is 2. The first kappa shape index (κ1) is 32.8. The Morgan fingerprint density at radius 1 is 1.02 bits per heavy atom. The average molecular weight is 699 g/mol. The highest BCUT2D eigenvalue weighted by Gasteiger charge is 2.29. The topological polar surface area (TPSA) is 177 Å². The Bertz CT molecular complexity index is 2190. The summed E-state index contributed by atoms with van der Waals surface area (Å²) in [6, 6.07) is 12.8. The molecule has 7 rings (SSSR count). The van der Waals surface area contributed by atoms with Crippen molar-refractivity contribution in [2.45, 2.75) is 37.8 Å². The molecule has 2 aromatic carbocycles. The fourth-order valence-corrected chi connectivity index (χ4v) is 6.50. The predicted molar refractivity (Wildman–Crippen MR) is 189 cm³/mol. The molecule has 0 radical (unpaired) electrons. The van der Waals surface area contributed by atoms with Crippen molar-refractivity contribution in [3.05, 3.63) is 70.4 Å². The molecule has 0 bridgehead atoms. The van der Waals surface area contributed by atoms with Crippen LogP contribution in [0.4, 0.5) is 23.1 Å². The SMILES string of the molecule is CNC(=O)COc1cc2cc(Nc3nc(N4CCC(Nc5ccc6c(c5)ncn6C5CCC(=O)NC5=O)CC4)ncc3Cl)ccc2n(C)c1=O. The van der Waals surface area contributed by atoms with Gasteiger partial charge in [-0.3, -0.25) is 24.5 Å². The van der Waals surface area contributed by atoms with Crippen LogP contribution in [0, 0.1) is 0 Å². The molecule has 5 aromatic rings. The number of nitrogens with zero attached hydrogens (tertiary/aromatic N) is 6. The lowest BCUT2D eigenvalue weighted by Crippen LogP contribution is -2.41. The van der Waals surface area contributed by atoms with E-state index < -0.39 is 6.04 Å². The Morgan fingerprint density at radius 2 is 1.80 bits per heavy atom. The van der Waals surface area contributed by atoms with E-state index in [-0.39, 0.29) is 41.7 Å². The van der Waals surface area contributed by atoms with Crippen molar-refractivity contribution in [2.24, 2.45) is 7.05 Å². The van der Waals surface area contributed by atoms with Crippen molar-refractivity contribution in [1.29, 1.82) is 0 Å². The van der Waals surface area contributed by atoms with Crippen molar-refractivity contribution >= 4 is 74.4 Å². The van der Waals surface area contributed by atoms with Crippen molar-refractivity contribution in [1.82, 2.24) is 34.7 Å². The lowest BCUT2D eigenvalue weighted by molar-refractivity contribution is -0.135. The average Bonchev–Trinajstić information content (AvgIpc) is 3.53. The van der Waals surface area contributed by atoms with E-state index >= 15 is 0 Å². The number of ether oxygens (including phenoxy) is 1. The van der Waals surface area contributed by atoms with Crippen molar-refractivity contribution in [3.8, 4) is 5.75 Å². The Morgan fingerprint density at radius 3 is 2.58 bits per heavy atom. The molecule has 0 aliphatic carbocycles. The van der Waals surface area contributed by atoms with E-state index in [9.17, 15) is 19.2 Å². The minimum absolute atomic E-state index is 0.0714. The Hall–Kier alpha value is -5.70. The number of halogens is 1. The van der Waals surface area contributed by atoms with Gasteiger partial charge in [0.05, 0.1) is 29.1 Å². The van der Waals surface area contributed by atoms with Crippen molar-refractivity contribution < 1.29 is 19.1 Å². The second-order valence-corrected chi connectivity index (χ2v) is 12.7. The second kappa shape index (κ2) is 13.7. The number of hydrogen-bond acceptors (Lipinski definition) is 11. The fourth-order valence-electron chi connectivity index (χ4n) is 6.36. The summed E-state index contributed by atoms with van der Waals surface area (Å²) in [6.07, 6.45) is 5.71. The number of carbonyl (C=O) groups excluding carboxylic acids is 3. The van der Waals surface area contributed by atoms with Gasteiger partial charge in [0.25, 0.3) is 11.5 Å². The van der Waals surface area contributed by atoms with E-state index in [0.717, 1.165) is 48.0 Å². The normalized spacial score (nSPS) is 16.8. The minimum Gasteiger partial charge on any atom is -0.478 e. The third-order valence-electron chi connectivity index (χ3n) is 9.09. The molecule has 1 unspecified atom stereocenters. The molecule has 258 valence electrons. The zero-order valence-corrected chi connectivity index (χ0v) is 28.2. The van der Waals surface area contributed by atoms with Gasteiger partial charge in [0, 0.05) is 56.4 Å². The van der Waals surface area contributed by atoms with Crippen molar-refractivity contribution in [2.75, 3.05) is 42.3 Å². The van der Waals surface area contributed by atoms with Gasteiger partial charge in [-0.15, -0.1) is 0 Å². The number of piperidine rings is 2. The minimum atomic E-state index is -0.452. The van der Waals surface area contributed by atoms with Gasteiger partial charge < -0.3 is 34.7 Å². The van der Waals surface area contributed by atoms with Crippen LogP contribution < -0.4 is 36.5 Å². The largest absolute Gasteiger partial charge is 0.478 e. The third-order valence-corrected chi connectivity index (χ3v) is 9.37. The van der Waals surface area contributed by atoms with Gasteiger partial charge in [0.2, 0.25) is 17.8 Å². The summed E-state index contributed by atoms with van der Waals surface area (Å²) >= 11 is 6.51. The van der Waals surface area contributed by atoms with Crippen LogP contribution >= 0.6 is 11.6 Å². The zero-order chi connectivity index (χ0) is 34.9. The molecule has 50 heavy (non-hydrogen) atoms. The molecule has 2 saturated heterocycles. The predicted octanol–water partition coefficient (Wildman–Crippen LogP) is 3.26. The van der Waals surface area contributed by atoms with Crippen LogP contribution in [-0.4, -0.2) is 74.6 Å². The molecule has 2 fully saturated rings. The number of rotatable bonds is 9. The van der Waals surface area contributed by atoms with Crippen LogP contribution in [0.3, 0.4) is 0 Å². The lowest BCUT2D eigenvalue weighted by Gasteiger charge is -2.33. The van der Waals surface area contributed by atoms with E-state index in [1.165, 1.54) is 11.6 Å². The summed E-state index contributed by atoms with van der Waals surface area (Å²) in [4.78, 5) is 64.3. The van der Waals surface area contributed by atoms with Gasteiger partial charge in [-0.2, -0.15) is 4.98 Å². The summed E-state index contributed by atoms with van der Waals surface area (Å²) < 4.78 is 8.79. The van der Waals surface area contributed by atoms with Crippen LogP contribution in [0.15, 0.2) is 59.8 Å². The molecule has 3 amide bonds. The Kier molecular flexibility index (Phi) is 8.97. The molecule has 16 heteroatoms. The number of amides is 3. The molecular formula is C34H35ClN10O5. The molecule has 4 N–H and O–H groups in total. The number of aryl methyl sites for hydroxylation is 1. The number of imide groups is 1. The van der Waals surface area contributed by atoms with Gasteiger partial charge in [-0.1, -0.05) is 11.6 Å². The third kappa shape index (κ3) is 6.63. The van der Waals surface area contributed by atoms with E-state index in [2.05, 4.69) is 36.1 Å². The summed E-state index contributed by atoms with van der Waals surface area (Å²) in [5.41, 5.74) is 3.61. The molecule has 2 aliphatic heterocycles. The number of likely N-dealkylation sites (N-methyl/N-ethyl adjacent to an activating group) is 1. The first-order valence-electron chi connectivity index (χ1n) is 16.3. The van der Waals surface area contributed by atoms with Crippen LogP contribution in [0.2, 0.25) is 5.02 Å². The highest BCUT2D eigenvalue weighted by Crippen LogP contribution is 2.30. The zero-order valence-electron chi connectivity index (χ0n) is 27.4. The van der Waals surface area contributed by atoms with E-state index in [0.29, 0.717) is 40.8 Å². The van der Waals surface area contributed by atoms with Crippen LogP contribution in [-0.2, 0) is 21.4 Å². The second-order valence-electron chi connectivity index (χ2n) is 12.3. The van der Waals surface area contributed by atoms with Crippen LogP contribution in [0.1, 0.15) is 31.7 Å². The number of nitrogens with one attached hydrogen (secondary N) is 4. The van der Waals surface area contributed by atoms with Crippen molar-refractivity contribution in [3.63, 3.8) is 0 Å². The van der Waals surface area contributed by atoms with E-state index in [1.807, 2.05) is 41.0 Å². The number of aromatic nitrogens is 5. The Balaban J connectivity index is 0.998. The first-order chi connectivity index (χ1) is 24.2. The van der Waals surface area contributed by atoms with Gasteiger partial charge in [0.1, 0.15) is 11.1 Å². The van der Waals surface area contributed by atoms with Gasteiger partial charge >= 0.3 is 0 Å². The molecule has 0 saturated carbocycles. The summed E-state index contributed by atoms with van der Waals surface area (Å²) in [6.45, 7) is 1.19.